The first-order chi connectivity index (χ1) is 8.18. The molecule has 0 aliphatic rings. The van der Waals surface area contributed by atoms with Crippen LogP contribution in [0.15, 0.2) is 17.0 Å². The quantitative estimate of drug-likeness (QED) is 0.923. The number of carbonyl (C=O) groups excluding carboxylic acids is 1. The minimum atomic E-state index is -4.03. The average Bonchev–Trinajstić information content (AvgIpc) is 2.28. The van der Waals surface area contributed by atoms with Crippen LogP contribution in [0.1, 0.15) is 17.3 Å². The van der Waals surface area contributed by atoms with Crippen molar-refractivity contribution in [2.24, 2.45) is 5.14 Å². The molecule has 8 heteroatoms. The molecule has 0 bridgehead atoms. The van der Waals surface area contributed by atoms with E-state index in [0.29, 0.717) is 6.54 Å². The second-order valence-corrected chi connectivity index (χ2v) is 5.97. The van der Waals surface area contributed by atoms with Gasteiger partial charge in [-0.15, -0.1) is 0 Å². The molecule has 0 spiro atoms. The molecule has 100 valence electrons. The van der Waals surface area contributed by atoms with Crippen molar-refractivity contribution in [2.75, 3.05) is 13.6 Å². The topological polar surface area (TPSA) is 80.5 Å². The normalized spacial score (nSPS) is 11.4. The molecule has 18 heavy (non-hydrogen) atoms. The van der Waals surface area contributed by atoms with Gasteiger partial charge in [-0.1, -0.05) is 23.2 Å². The van der Waals surface area contributed by atoms with Crippen LogP contribution < -0.4 is 5.14 Å². The van der Waals surface area contributed by atoms with Crippen molar-refractivity contribution >= 4 is 39.1 Å². The summed E-state index contributed by atoms with van der Waals surface area (Å²) in [7, 11) is -2.47. The number of halogens is 2. The lowest BCUT2D eigenvalue weighted by Crippen LogP contribution is -2.27. The Morgan fingerprint density at radius 1 is 1.39 bits per heavy atom. The number of hydrogen-bond acceptors (Lipinski definition) is 3. The monoisotopic (exact) mass is 310 g/mol. The Bertz CT molecular complexity index is 587. The highest BCUT2D eigenvalue weighted by atomic mass is 35.5. The number of sulfonamides is 1. The summed E-state index contributed by atoms with van der Waals surface area (Å²) in [5.74, 6) is -0.421. The highest BCUT2D eigenvalue weighted by Crippen LogP contribution is 2.29. The molecule has 0 atom stereocenters. The second kappa shape index (κ2) is 5.44. The maximum absolute atomic E-state index is 12.0. The third kappa shape index (κ3) is 3.14. The van der Waals surface area contributed by atoms with Crippen LogP contribution >= 0.6 is 23.2 Å². The molecule has 1 aromatic carbocycles. The molecule has 0 heterocycles. The maximum atomic E-state index is 12.0. The van der Waals surface area contributed by atoms with E-state index in [1.165, 1.54) is 11.0 Å². The number of hydrogen-bond donors (Lipinski definition) is 1. The van der Waals surface area contributed by atoms with Crippen LogP contribution in [0.2, 0.25) is 10.0 Å². The maximum Gasteiger partial charge on any atom is 0.255 e. The molecule has 0 fully saturated rings. The molecule has 1 amide bonds. The van der Waals surface area contributed by atoms with E-state index in [1.54, 1.807) is 14.0 Å². The van der Waals surface area contributed by atoms with Crippen LogP contribution in [-0.2, 0) is 10.0 Å². The first kappa shape index (κ1) is 15.2. The van der Waals surface area contributed by atoms with Crippen molar-refractivity contribution in [1.82, 2.24) is 4.90 Å². The molecule has 0 saturated carbocycles. The third-order valence-electron chi connectivity index (χ3n) is 2.36. The fourth-order valence-electron chi connectivity index (χ4n) is 1.28. The molecule has 0 saturated heterocycles. The fourth-order valence-corrected chi connectivity index (χ4v) is 2.72. The summed E-state index contributed by atoms with van der Waals surface area (Å²) in [5, 5.41) is 4.87. The van der Waals surface area contributed by atoms with Crippen molar-refractivity contribution in [1.29, 1.82) is 0 Å². The first-order valence-corrected chi connectivity index (χ1v) is 7.26. The van der Waals surface area contributed by atoms with E-state index in [-0.39, 0.29) is 20.5 Å². The van der Waals surface area contributed by atoms with Gasteiger partial charge in [0, 0.05) is 18.6 Å². The SMILES string of the molecule is CCN(C)C(=O)c1cc(Cl)cc(S(N)(=O)=O)c1Cl. The van der Waals surface area contributed by atoms with E-state index in [2.05, 4.69) is 0 Å². The molecule has 0 aliphatic carbocycles. The van der Waals surface area contributed by atoms with E-state index in [4.69, 9.17) is 28.3 Å². The zero-order valence-electron chi connectivity index (χ0n) is 9.78. The number of carbonyl (C=O) groups is 1. The highest BCUT2D eigenvalue weighted by Gasteiger charge is 2.22. The van der Waals surface area contributed by atoms with Gasteiger partial charge in [-0.05, 0) is 19.1 Å². The van der Waals surface area contributed by atoms with Crippen molar-refractivity contribution in [2.45, 2.75) is 11.8 Å². The molecule has 1 rings (SSSR count). The number of rotatable bonds is 3. The summed E-state index contributed by atoms with van der Waals surface area (Å²) in [4.78, 5) is 13.0. The smallest absolute Gasteiger partial charge is 0.255 e. The number of amides is 1. The van der Waals surface area contributed by atoms with E-state index in [0.717, 1.165) is 6.07 Å². The van der Waals surface area contributed by atoms with Crippen molar-refractivity contribution in [3.05, 3.63) is 27.7 Å². The summed E-state index contributed by atoms with van der Waals surface area (Å²) in [6, 6.07) is 2.43. The summed E-state index contributed by atoms with van der Waals surface area (Å²) < 4.78 is 22.7. The van der Waals surface area contributed by atoms with Crippen LogP contribution in [0, 0.1) is 0 Å². The Kier molecular flexibility index (Phi) is 4.61. The van der Waals surface area contributed by atoms with Gasteiger partial charge in [-0.2, -0.15) is 0 Å². The van der Waals surface area contributed by atoms with Crippen molar-refractivity contribution in [3.8, 4) is 0 Å². The molecule has 2 N–H and O–H groups in total. The number of primary sulfonamides is 1. The predicted octanol–water partition coefficient (Wildman–Crippen LogP) is 1.73. The van der Waals surface area contributed by atoms with Gasteiger partial charge in [-0.25, -0.2) is 13.6 Å². The first-order valence-electron chi connectivity index (χ1n) is 4.95. The predicted molar refractivity (Wildman–Crippen MR) is 70.5 cm³/mol. The molecular weight excluding hydrogens is 299 g/mol. The number of benzene rings is 1. The van der Waals surface area contributed by atoms with Gasteiger partial charge in [-0.3, -0.25) is 4.79 Å². The van der Waals surface area contributed by atoms with Crippen molar-refractivity contribution in [3.63, 3.8) is 0 Å². The summed E-state index contributed by atoms with van der Waals surface area (Å²) in [5.41, 5.74) is 0.0116. The summed E-state index contributed by atoms with van der Waals surface area (Å²) in [6.45, 7) is 2.23. The highest BCUT2D eigenvalue weighted by molar-refractivity contribution is 7.89. The van der Waals surface area contributed by atoms with Crippen LogP contribution in [0.3, 0.4) is 0 Å². The van der Waals surface area contributed by atoms with Gasteiger partial charge in [0.25, 0.3) is 5.91 Å². The van der Waals surface area contributed by atoms with Crippen LogP contribution in [0.4, 0.5) is 0 Å². The number of nitrogens with two attached hydrogens (primary N) is 1. The zero-order valence-corrected chi connectivity index (χ0v) is 12.1. The van der Waals surface area contributed by atoms with Crippen LogP contribution in [0.5, 0.6) is 0 Å². The van der Waals surface area contributed by atoms with Gasteiger partial charge in [0.05, 0.1) is 10.6 Å². The minimum absolute atomic E-state index is 0.0116. The molecule has 1 aromatic rings. The van der Waals surface area contributed by atoms with Crippen molar-refractivity contribution < 1.29 is 13.2 Å². The van der Waals surface area contributed by atoms with E-state index < -0.39 is 15.9 Å². The number of nitrogens with zero attached hydrogens (tertiary/aromatic N) is 1. The second-order valence-electron chi connectivity index (χ2n) is 3.63. The Balaban J connectivity index is 3.48. The summed E-state index contributed by atoms with van der Waals surface area (Å²) >= 11 is 11.7. The molecule has 0 unspecified atom stereocenters. The Morgan fingerprint density at radius 3 is 2.39 bits per heavy atom. The third-order valence-corrected chi connectivity index (χ3v) is 4.03. The Morgan fingerprint density at radius 2 is 1.94 bits per heavy atom. The standard InChI is InChI=1S/C10H12Cl2N2O3S/c1-3-14(2)10(15)7-4-6(11)5-8(9(7)12)18(13,16)17/h4-5H,3H2,1-2H3,(H2,13,16,17). The van der Waals surface area contributed by atoms with Gasteiger partial charge < -0.3 is 4.90 Å². The van der Waals surface area contributed by atoms with Crippen LogP contribution in [-0.4, -0.2) is 32.8 Å². The molecule has 0 aliphatic heterocycles. The molecule has 0 radical (unpaired) electrons. The average molecular weight is 311 g/mol. The summed E-state index contributed by atoms with van der Waals surface area (Å²) in [6.07, 6.45) is 0. The Hall–Kier alpha value is -0.820. The van der Waals surface area contributed by atoms with Gasteiger partial charge >= 0.3 is 0 Å². The zero-order chi connectivity index (χ0) is 14.1. The van der Waals surface area contributed by atoms with E-state index in [1.807, 2.05) is 0 Å². The van der Waals surface area contributed by atoms with Gasteiger partial charge in [0.15, 0.2) is 0 Å². The van der Waals surface area contributed by atoms with Crippen LogP contribution in [0.25, 0.3) is 0 Å². The van der Waals surface area contributed by atoms with Gasteiger partial charge in [0.2, 0.25) is 10.0 Å². The van der Waals surface area contributed by atoms with E-state index >= 15 is 0 Å². The lowest BCUT2D eigenvalue weighted by atomic mass is 10.2. The van der Waals surface area contributed by atoms with E-state index in [9.17, 15) is 13.2 Å². The van der Waals surface area contributed by atoms with Gasteiger partial charge in [0.1, 0.15) is 4.90 Å². The lowest BCUT2D eigenvalue weighted by Gasteiger charge is -2.16. The minimum Gasteiger partial charge on any atom is -0.342 e. The lowest BCUT2D eigenvalue weighted by molar-refractivity contribution is 0.0802. The fraction of sp³-hybridized carbons (Fsp3) is 0.300. The Labute approximate surface area is 116 Å². The largest absolute Gasteiger partial charge is 0.342 e. The molecule has 0 aromatic heterocycles. The molecule has 5 nitrogen and oxygen atoms in total. The molecular formula is C10H12Cl2N2O3S.